The van der Waals surface area contributed by atoms with Gasteiger partial charge in [0.25, 0.3) is 0 Å². The molecule has 1 unspecified atom stereocenters. The number of hydrogen-bond donors (Lipinski definition) is 3. The van der Waals surface area contributed by atoms with E-state index in [4.69, 9.17) is 24.7 Å². The lowest BCUT2D eigenvalue weighted by Gasteiger charge is -2.27. The van der Waals surface area contributed by atoms with Gasteiger partial charge in [-0.1, -0.05) is 13.8 Å². The van der Waals surface area contributed by atoms with Crippen molar-refractivity contribution >= 4 is 0 Å². The highest BCUT2D eigenvalue weighted by atomic mass is 17.2. The summed E-state index contributed by atoms with van der Waals surface area (Å²) in [4.78, 5) is 9.92. The molecule has 0 aliphatic heterocycles. The molecule has 3 N–H and O–H groups in total. The summed E-state index contributed by atoms with van der Waals surface area (Å²) >= 11 is 0. The molecule has 0 aliphatic carbocycles. The molecular weight excluding hydrogens is 228 g/mol. The summed E-state index contributed by atoms with van der Waals surface area (Å²) in [6, 6.07) is 0. The van der Waals surface area contributed by atoms with Crippen molar-refractivity contribution in [2.75, 3.05) is 46.8 Å². The Labute approximate surface area is 102 Å². The lowest BCUT2D eigenvalue weighted by Crippen LogP contribution is -2.35. The largest absolute Gasteiger partial charge is 0.396 e. The van der Waals surface area contributed by atoms with Crippen LogP contribution >= 0.6 is 0 Å². The fraction of sp³-hybridized carbons (Fsp3) is 1.00. The SMILES string of the molecule is COCC(C)(CO)COOCC(C)(CO)CO. The van der Waals surface area contributed by atoms with Crippen molar-refractivity contribution in [3.05, 3.63) is 0 Å². The van der Waals surface area contributed by atoms with Gasteiger partial charge in [0, 0.05) is 17.9 Å². The molecule has 0 spiro atoms. The predicted molar refractivity (Wildman–Crippen MR) is 61.3 cm³/mol. The molecular formula is C11H24O6. The summed E-state index contributed by atoms with van der Waals surface area (Å²) in [7, 11) is 1.54. The molecule has 0 bridgehead atoms. The highest BCUT2D eigenvalue weighted by molar-refractivity contribution is 4.72. The molecule has 104 valence electrons. The van der Waals surface area contributed by atoms with Crippen molar-refractivity contribution < 1.29 is 29.8 Å². The van der Waals surface area contributed by atoms with Gasteiger partial charge in [0.05, 0.1) is 39.6 Å². The number of methoxy groups -OCH3 is 1. The molecule has 0 aliphatic rings. The third-order valence-electron chi connectivity index (χ3n) is 2.54. The number of rotatable bonds is 10. The van der Waals surface area contributed by atoms with Crippen molar-refractivity contribution in [3.8, 4) is 0 Å². The van der Waals surface area contributed by atoms with E-state index in [1.165, 1.54) is 0 Å². The summed E-state index contributed by atoms with van der Waals surface area (Å²) in [5.41, 5.74) is -1.25. The zero-order chi connectivity index (χ0) is 13.4. The van der Waals surface area contributed by atoms with E-state index in [1.807, 2.05) is 0 Å². The van der Waals surface area contributed by atoms with E-state index in [2.05, 4.69) is 0 Å². The summed E-state index contributed by atoms with van der Waals surface area (Å²) in [5.74, 6) is 0. The van der Waals surface area contributed by atoms with Crippen molar-refractivity contribution in [1.29, 1.82) is 0 Å². The van der Waals surface area contributed by atoms with Gasteiger partial charge in [-0.25, -0.2) is 9.78 Å². The van der Waals surface area contributed by atoms with Crippen molar-refractivity contribution in [3.63, 3.8) is 0 Å². The normalized spacial score (nSPS) is 15.9. The topological polar surface area (TPSA) is 88.4 Å². The maximum atomic E-state index is 9.17. The second-order valence-electron chi connectivity index (χ2n) is 5.05. The fourth-order valence-electron chi connectivity index (χ4n) is 0.991. The number of aliphatic hydroxyl groups is 3. The van der Waals surface area contributed by atoms with E-state index in [0.29, 0.717) is 6.61 Å². The Morgan fingerprint density at radius 1 is 0.765 bits per heavy atom. The van der Waals surface area contributed by atoms with E-state index < -0.39 is 10.8 Å². The lowest BCUT2D eigenvalue weighted by atomic mass is 9.94. The average Bonchev–Trinajstić information content (AvgIpc) is 2.35. The fourth-order valence-corrected chi connectivity index (χ4v) is 0.991. The Morgan fingerprint density at radius 2 is 1.18 bits per heavy atom. The molecule has 6 heteroatoms. The third-order valence-corrected chi connectivity index (χ3v) is 2.54. The van der Waals surface area contributed by atoms with Crippen LogP contribution in [0, 0.1) is 10.8 Å². The van der Waals surface area contributed by atoms with Gasteiger partial charge in [0.2, 0.25) is 0 Å². The second kappa shape index (κ2) is 7.97. The van der Waals surface area contributed by atoms with Gasteiger partial charge in [-0.2, -0.15) is 0 Å². The van der Waals surface area contributed by atoms with Crippen LogP contribution in [0.5, 0.6) is 0 Å². The van der Waals surface area contributed by atoms with E-state index >= 15 is 0 Å². The van der Waals surface area contributed by atoms with Crippen LogP contribution in [0.2, 0.25) is 0 Å². The molecule has 0 amide bonds. The molecule has 0 aromatic rings. The Bertz CT molecular complexity index is 194. The molecule has 0 saturated carbocycles. The van der Waals surface area contributed by atoms with Gasteiger partial charge in [0.1, 0.15) is 0 Å². The smallest absolute Gasteiger partial charge is 0.0920 e. The zero-order valence-corrected chi connectivity index (χ0v) is 10.8. The van der Waals surface area contributed by atoms with Crippen LogP contribution in [0.25, 0.3) is 0 Å². The second-order valence-corrected chi connectivity index (χ2v) is 5.05. The summed E-state index contributed by atoms with van der Waals surface area (Å²) in [5, 5.41) is 27.2. The molecule has 0 aromatic heterocycles. The van der Waals surface area contributed by atoms with Crippen LogP contribution < -0.4 is 0 Å². The van der Waals surface area contributed by atoms with Gasteiger partial charge < -0.3 is 20.1 Å². The average molecular weight is 252 g/mol. The maximum absolute atomic E-state index is 9.17. The van der Waals surface area contributed by atoms with E-state index in [1.54, 1.807) is 21.0 Å². The number of aliphatic hydroxyl groups excluding tert-OH is 3. The van der Waals surface area contributed by atoms with Crippen LogP contribution in [0.3, 0.4) is 0 Å². The van der Waals surface area contributed by atoms with Gasteiger partial charge in [0.15, 0.2) is 0 Å². The van der Waals surface area contributed by atoms with Crippen LogP contribution in [0.15, 0.2) is 0 Å². The zero-order valence-electron chi connectivity index (χ0n) is 10.8. The van der Waals surface area contributed by atoms with Crippen LogP contribution in [0.4, 0.5) is 0 Å². The van der Waals surface area contributed by atoms with Gasteiger partial charge in [-0.05, 0) is 0 Å². The van der Waals surface area contributed by atoms with E-state index in [9.17, 15) is 5.11 Å². The first-order chi connectivity index (χ1) is 7.95. The van der Waals surface area contributed by atoms with E-state index in [0.717, 1.165) is 0 Å². The minimum Gasteiger partial charge on any atom is -0.396 e. The predicted octanol–water partition coefficient (Wildman–Crippen LogP) is -0.429. The first-order valence-corrected chi connectivity index (χ1v) is 5.51. The van der Waals surface area contributed by atoms with Crippen LogP contribution in [-0.4, -0.2) is 62.1 Å². The molecule has 0 fully saturated rings. The third kappa shape index (κ3) is 6.30. The van der Waals surface area contributed by atoms with Crippen molar-refractivity contribution in [1.82, 2.24) is 0 Å². The summed E-state index contributed by atoms with van der Waals surface area (Å²) in [6.07, 6.45) is 0. The number of ether oxygens (including phenoxy) is 1. The first-order valence-electron chi connectivity index (χ1n) is 5.51. The summed E-state index contributed by atoms with van der Waals surface area (Å²) in [6.45, 7) is 3.61. The molecule has 0 aromatic carbocycles. The minimum atomic E-state index is -0.725. The highest BCUT2D eigenvalue weighted by Gasteiger charge is 2.26. The molecule has 1 atom stereocenters. The Morgan fingerprint density at radius 3 is 1.53 bits per heavy atom. The molecule has 17 heavy (non-hydrogen) atoms. The molecule has 0 saturated heterocycles. The maximum Gasteiger partial charge on any atom is 0.0920 e. The first kappa shape index (κ1) is 16.8. The quantitative estimate of drug-likeness (QED) is 0.278. The minimum absolute atomic E-state index is 0.0779. The Balaban J connectivity index is 3.90. The molecule has 0 radical (unpaired) electrons. The lowest BCUT2D eigenvalue weighted by molar-refractivity contribution is -0.328. The van der Waals surface area contributed by atoms with Crippen molar-refractivity contribution in [2.45, 2.75) is 13.8 Å². The van der Waals surface area contributed by atoms with Gasteiger partial charge >= 0.3 is 0 Å². The van der Waals surface area contributed by atoms with E-state index in [-0.39, 0.29) is 33.0 Å². The van der Waals surface area contributed by atoms with Crippen LogP contribution in [-0.2, 0) is 14.5 Å². The van der Waals surface area contributed by atoms with Gasteiger partial charge in [-0.3, -0.25) is 0 Å². The Kier molecular flexibility index (Phi) is 7.85. The summed E-state index contributed by atoms with van der Waals surface area (Å²) < 4.78 is 4.96. The monoisotopic (exact) mass is 252 g/mol. The molecule has 6 nitrogen and oxygen atoms in total. The van der Waals surface area contributed by atoms with Gasteiger partial charge in [-0.15, -0.1) is 0 Å². The highest BCUT2D eigenvalue weighted by Crippen LogP contribution is 2.18. The number of hydrogen-bond acceptors (Lipinski definition) is 6. The standard InChI is InChI=1S/C11H24O6/c1-10(4-12,5-13)8-16-17-9-11(2,6-14)7-15-3/h12-14H,4-9H2,1-3H3. The molecule has 0 rings (SSSR count). The Hall–Kier alpha value is -0.240. The van der Waals surface area contributed by atoms with Crippen LogP contribution in [0.1, 0.15) is 13.8 Å². The molecule has 0 heterocycles. The van der Waals surface area contributed by atoms with Crippen molar-refractivity contribution in [2.24, 2.45) is 10.8 Å².